The largest absolute Gasteiger partial charge is 0.454 e. The summed E-state index contributed by atoms with van der Waals surface area (Å²) in [5.74, 6) is -1.82. The number of esters is 1. The lowest BCUT2D eigenvalue weighted by Crippen LogP contribution is -2.47. The van der Waals surface area contributed by atoms with E-state index in [1.54, 1.807) is 32.9 Å². The molecule has 184 valence electrons. The van der Waals surface area contributed by atoms with Crippen molar-refractivity contribution in [1.82, 2.24) is 10.2 Å². The average Bonchev–Trinajstić information content (AvgIpc) is 3.09. The summed E-state index contributed by atoms with van der Waals surface area (Å²) in [5, 5.41) is 2.71. The van der Waals surface area contributed by atoms with Gasteiger partial charge < -0.3 is 15.0 Å². The summed E-state index contributed by atoms with van der Waals surface area (Å²) in [6.07, 6.45) is 0.383. The number of hydrogen-bond donors (Lipinski definition) is 1. The molecule has 33 heavy (non-hydrogen) atoms. The highest BCUT2D eigenvalue weighted by Gasteiger charge is 2.34. The molecule has 2 amide bonds. The number of amides is 2. The summed E-state index contributed by atoms with van der Waals surface area (Å²) in [6.45, 7) is 11.4. The second kappa shape index (κ2) is 10.7. The zero-order valence-corrected chi connectivity index (χ0v) is 21.2. The van der Waals surface area contributed by atoms with Gasteiger partial charge in [0.1, 0.15) is 6.04 Å². The molecule has 0 aliphatic carbocycles. The first-order valence-electron chi connectivity index (χ1n) is 11.3. The van der Waals surface area contributed by atoms with Crippen LogP contribution in [0, 0.1) is 5.92 Å². The van der Waals surface area contributed by atoms with Crippen molar-refractivity contribution in [3.63, 3.8) is 0 Å². The number of carbonyl (C=O) groups is 3. The van der Waals surface area contributed by atoms with Gasteiger partial charge in [-0.05, 0) is 42.4 Å². The van der Waals surface area contributed by atoms with Crippen molar-refractivity contribution >= 4 is 27.6 Å². The Labute approximate surface area is 197 Å². The summed E-state index contributed by atoms with van der Waals surface area (Å²) in [6, 6.07) is 5.89. The molecular formula is C24H36N2O6S. The lowest BCUT2D eigenvalue weighted by molar-refractivity contribution is -0.155. The summed E-state index contributed by atoms with van der Waals surface area (Å²) in [5.41, 5.74) is 1.48. The molecule has 1 heterocycles. The van der Waals surface area contributed by atoms with Gasteiger partial charge in [0.25, 0.3) is 11.8 Å². The number of carbonyl (C=O) groups excluding carboxylic acids is 3. The van der Waals surface area contributed by atoms with Gasteiger partial charge in [-0.2, -0.15) is 0 Å². The smallest absolute Gasteiger partial charge is 0.329 e. The van der Waals surface area contributed by atoms with Crippen LogP contribution in [0.1, 0.15) is 63.9 Å². The van der Waals surface area contributed by atoms with E-state index in [0.29, 0.717) is 18.5 Å². The van der Waals surface area contributed by atoms with Crippen molar-refractivity contribution < 1.29 is 27.5 Å². The van der Waals surface area contributed by atoms with Gasteiger partial charge >= 0.3 is 5.97 Å². The molecule has 1 N–H and O–H groups in total. The molecule has 0 saturated carbocycles. The van der Waals surface area contributed by atoms with Crippen LogP contribution in [0.25, 0.3) is 0 Å². The number of nitrogens with zero attached hydrogens (tertiary/aromatic N) is 1. The molecule has 0 spiro atoms. The summed E-state index contributed by atoms with van der Waals surface area (Å²) in [7, 11) is -3.14. The first-order chi connectivity index (χ1) is 15.2. The molecule has 0 bridgehead atoms. The van der Waals surface area contributed by atoms with Crippen LogP contribution >= 0.6 is 0 Å². The standard InChI is InChI=1S/C24H36N2O6S/c1-7-26(19-12-13-33(30,31)15-19)20(27)14-32-23(29)21(16(2)3)25-22(28)17-8-10-18(11-9-17)24(4,5)6/h8-11,16,19,21H,7,12-15H2,1-6H3,(H,25,28)/t19?,21-/m0/s1. The van der Waals surface area contributed by atoms with Crippen LogP contribution in [0.5, 0.6) is 0 Å². The van der Waals surface area contributed by atoms with Crippen molar-refractivity contribution in [2.24, 2.45) is 5.92 Å². The van der Waals surface area contributed by atoms with E-state index in [2.05, 4.69) is 26.1 Å². The molecule has 9 heteroatoms. The van der Waals surface area contributed by atoms with Crippen molar-refractivity contribution in [3.05, 3.63) is 35.4 Å². The van der Waals surface area contributed by atoms with Crippen LogP contribution in [0.3, 0.4) is 0 Å². The van der Waals surface area contributed by atoms with E-state index < -0.39 is 46.3 Å². The molecule has 1 aliphatic heterocycles. The summed E-state index contributed by atoms with van der Waals surface area (Å²) >= 11 is 0. The SMILES string of the molecule is CCN(C(=O)COC(=O)[C@@H](NC(=O)c1ccc(C(C)(C)C)cc1)C(C)C)C1CCS(=O)(=O)C1. The fourth-order valence-corrected chi connectivity index (χ4v) is 5.54. The Balaban J connectivity index is 1.99. The third kappa shape index (κ3) is 7.28. The highest BCUT2D eigenvalue weighted by molar-refractivity contribution is 7.91. The molecule has 1 aromatic carbocycles. The molecule has 0 aromatic heterocycles. The van der Waals surface area contributed by atoms with Crippen LogP contribution in [-0.2, 0) is 29.6 Å². The maximum Gasteiger partial charge on any atom is 0.329 e. The van der Waals surface area contributed by atoms with Gasteiger partial charge in [-0.3, -0.25) is 9.59 Å². The maximum absolute atomic E-state index is 12.7. The van der Waals surface area contributed by atoms with Crippen LogP contribution in [0.2, 0.25) is 0 Å². The number of ether oxygens (including phenoxy) is 1. The first kappa shape index (κ1) is 26.8. The number of rotatable bonds is 8. The number of sulfone groups is 1. The average molecular weight is 481 g/mol. The summed E-state index contributed by atoms with van der Waals surface area (Å²) in [4.78, 5) is 39.4. The third-order valence-electron chi connectivity index (χ3n) is 5.87. The van der Waals surface area contributed by atoms with Gasteiger partial charge in [-0.25, -0.2) is 13.2 Å². The zero-order valence-electron chi connectivity index (χ0n) is 20.4. The van der Waals surface area contributed by atoms with Crippen molar-refractivity contribution in [3.8, 4) is 0 Å². The van der Waals surface area contributed by atoms with Crippen molar-refractivity contribution in [2.75, 3.05) is 24.7 Å². The quantitative estimate of drug-likeness (QED) is 0.572. The number of benzene rings is 1. The molecule has 1 aliphatic rings. The minimum absolute atomic E-state index is 0.0408. The van der Waals surface area contributed by atoms with Crippen molar-refractivity contribution in [1.29, 1.82) is 0 Å². The van der Waals surface area contributed by atoms with E-state index in [1.165, 1.54) is 4.90 Å². The van der Waals surface area contributed by atoms with Gasteiger partial charge in [0.15, 0.2) is 16.4 Å². The van der Waals surface area contributed by atoms with E-state index in [9.17, 15) is 22.8 Å². The molecule has 1 fully saturated rings. The van der Waals surface area contributed by atoms with E-state index in [4.69, 9.17) is 4.74 Å². The van der Waals surface area contributed by atoms with Crippen LogP contribution in [0.4, 0.5) is 0 Å². The molecule has 1 saturated heterocycles. The van der Waals surface area contributed by atoms with E-state index in [-0.39, 0.29) is 22.8 Å². The topological polar surface area (TPSA) is 110 Å². The third-order valence-corrected chi connectivity index (χ3v) is 7.62. The second-order valence-corrected chi connectivity index (χ2v) is 12.1. The zero-order chi connectivity index (χ0) is 25.0. The lowest BCUT2D eigenvalue weighted by atomic mass is 9.86. The van der Waals surface area contributed by atoms with Crippen LogP contribution < -0.4 is 5.32 Å². The molecule has 1 unspecified atom stereocenters. The van der Waals surface area contributed by atoms with E-state index >= 15 is 0 Å². The minimum Gasteiger partial charge on any atom is -0.454 e. The minimum atomic E-state index is -3.14. The Bertz CT molecular complexity index is 964. The molecule has 2 rings (SSSR count). The fourth-order valence-electron chi connectivity index (χ4n) is 3.81. The lowest BCUT2D eigenvalue weighted by Gasteiger charge is -2.27. The monoisotopic (exact) mass is 480 g/mol. The Hall–Kier alpha value is -2.42. The molecule has 8 nitrogen and oxygen atoms in total. The Kier molecular flexibility index (Phi) is 8.68. The molecule has 1 aromatic rings. The number of nitrogens with one attached hydrogen (secondary N) is 1. The Morgan fingerprint density at radius 3 is 2.21 bits per heavy atom. The molecular weight excluding hydrogens is 444 g/mol. The molecule has 0 radical (unpaired) electrons. The number of likely N-dealkylation sites (N-methyl/N-ethyl adjacent to an activating group) is 1. The predicted molar refractivity (Wildman–Crippen MR) is 127 cm³/mol. The van der Waals surface area contributed by atoms with Gasteiger partial charge in [-0.15, -0.1) is 0 Å². The fraction of sp³-hybridized carbons (Fsp3) is 0.625. The maximum atomic E-state index is 12.7. The highest BCUT2D eigenvalue weighted by atomic mass is 32.2. The summed E-state index contributed by atoms with van der Waals surface area (Å²) < 4.78 is 28.7. The Morgan fingerprint density at radius 2 is 1.76 bits per heavy atom. The van der Waals surface area contributed by atoms with Gasteiger partial charge in [0, 0.05) is 18.2 Å². The van der Waals surface area contributed by atoms with E-state index in [1.807, 2.05) is 12.1 Å². The Morgan fingerprint density at radius 1 is 1.15 bits per heavy atom. The van der Waals surface area contributed by atoms with Gasteiger partial charge in [-0.1, -0.05) is 46.8 Å². The van der Waals surface area contributed by atoms with E-state index in [0.717, 1.165) is 5.56 Å². The molecule has 2 atom stereocenters. The highest BCUT2D eigenvalue weighted by Crippen LogP contribution is 2.22. The number of hydrogen-bond acceptors (Lipinski definition) is 6. The van der Waals surface area contributed by atoms with Gasteiger partial charge in [0.2, 0.25) is 0 Å². The predicted octanol–water partition coefficient (Wildman–Crippen LogP) is 2.32. The van der Waals surface area contributed by atoms with Crippen LogP contribution in [-0.4, -0.2) is 67.8 Å². The van der Waals surface area contributed by atoms with Crippen LogP contribution in [0.15, 0.2) is 24.3 Å². The van der Waals surface area contributed by atoms with Gasteiger partial charge in [0.05, 0.1) is 11.5 Å². The van der Waals surface area contributed by atoms with Crippen molar-refractivity contribution in [2.45, 2.75) is 65.5 Å². The second-order valence-electron chi connectivity index (χ2n) is 9.87. The first-order valence-corrected chi connectivity index (χ1v) is 13.1. The normalized spacial score (nSPS) is 18.6.